The summed E-state index contributed by atoms with van der Waals surface area (Å²) in [7, 11) is 0. The van der Waals surface area contributed by atoms with Gasteiger partial charge in [0.15, 0.2) is 0 Å². The van der Waals surface area contributed by atoms with Crippen molar-refractivity contribution >= 4 is 29.3 Å². The molecule has 1 aromatic rings. The molecule has 1 heterocycles. The maximum absolute atomic E-state index is 12.0. The first kappa shape index (κ1) is 13.7. The Balaban J connectivity index is 2.23. The van der Waals surface area contributed by atoms with Crippen LogP contribution < -0.4 is 5.32 Å². The maximum Gasteiger partial charge on any atom is 0.262 e. The number of fused-ring (bicyclic) bond motifs is 1. The lowest BCUT2D eigenvalue weighted by molar-refractivity contribution is -0.126. The largest absolute Gasteiger partial charge is 0.340 e. The minimum absolute atomic E-state index is 0.123. The highest BCUT2D eigenvalue weighted by molar-refractivity contribution is 8.04. The van der Waals surface area contributed by atoms with Gasteiger partial charge in [-0.15, -0.1) is 0 Å². The third-order valence-electron chi connectivity index (χ3n) is 2.91. The minimum atomic E-state index is -0.218. The first-order valence-corrected chi connectivity index (χ1v) is 7.06. The monoisotopic (exact) mass is 276 g/mol. The normalized spacial score (nSPS) is 15.9. The minimum Gasteiger partial charge on any atom is -0.340 e. The summed E-state index contributed by atoms with van der Waals surface area (Å²) >= 11 is 1.33. The van der Waals surface area contributed by atoms with Crippen molar-refractivity contribution in [3.05, 3.63) is 35.2 Å². The second kappa shape index (κ2) is 5.93. The molecule has 0 aromatic heterocycles. The van der Waals surface area contributed by atoms with E-state index in [1.54, 1.807) is 4.90 Å². The highest BCUT2D eigenvalue weighted by Crippen LogP contribution is 2.37. The maximum atomic E-state index is 12.0. The summed E-state index contributed by atoms with van der Waals surface area (Å²) in [5, 5.41) is 2.79. The Kier molecular flexibility index (Phi) is 4.27. The molecule has 2 rings (SSSR count). The predicted octanol–water partition coefficient (Wildman–Crippen LogP) is 2.48. The van der Waals surface area contributed by atoms with Crippen LogP contribution in [0.4, 0.5) is 5.69 Å². The Hall–Kier alpha value is -1.75. The lowest BCUT2D eigenvalue weighted by atomic mass is 10.3. The van der Waals surface area contributed by atoms with Gasteiger partial charge in [0.25, 0.3) is 5.91 Å². The summed E-state index contributed by atoms with van der Waals surface area (Å²) in [6.07, 6.45) is 1.42. The number of para-hydroxylation sites is 1. The predicted molar refractivity (Wildman–Crippen MR) is 76.9 cm³/mol. The van der Waals surface area contributed by atoms with Crippen LogP contribution in [-0.2, 0) is 9.59 Å². The van der Waals surface area contributed by atoms with Crippen LogP contribution >= 0.6 is 11.8 Å². The van der Waals surface area contributed by atoms with Gasteiger partial charge in [-0.1, -0.05) is 23.9 Å². The van der Waals surface area contributed by atoms with Gasteiger partial charge in [0, 0.05) is 24.1 Å². The molecule has 0 atom stereocenters. The molecular weight excluding hydrogens is 260 g/mol. The fourth-order valence-corrected chi connectivity index (χ4v) is 2.76. The molecule has 0 unspecified atom stereocenters. The Morgan fingerprint density at radius 3 is 2.68 bits per heavy atom. The Bertz CT molecular complexity index is 536. The van der Waals surface area contributed by atoms with Crippen LogP contribution in [0.5, 0.6) is 0 Å². The van der Waals surface area contributed by atoms with Gasteiger partial charge in [-0.2, -0.15) is 0 Å². The number of amides is 2. The van der Waals surface area contributed by atoms with Crippen molar-refractivity contribution in [3.8, 4) is 0 Å². The van der Waals surface area contributed by atoms with Gasteiger partial charge in [-0.05, 0) is 26.0 Å². The number of likely N-dealkylation sites (N-methyl/N-ethyl adjacent to an activating group) is 1. The molecule has 2 amide bonds. The van der Waals surface area contributed by atoms with E-state index in [9.17, 15) is 9.59 Å². The summed E-state index contributed by atoms with van der Waals surface area (Å²) in [6, 6.07) is 7.56. The molecule has 0 saturated carbocycles. The van der Waals surface area contributed by atoms with Gasteiger partial charge in [0.1, 0.15) is 0 Å². The molecule has 0 spiro atoms. The van der Waals surface area contributed by atoms with E-state index >= 15 is 0 Å². The molecule has 5 heteroatoms. The number of carbonyl (C=O) groups excluding carboxylic acids is 2. The molecule has 1 aromatic carbocycles. The van der Waals surface area contributed by atoms with Crippen molar-refractivity contribution in [3.63, 3.8) is 0 Å². The number of hydrogen-bond acceptors (Lipinski definition) is 3. The van der Waals surface area contributed by atoms with E-state index in [1.807, 2.05) is 38.1 Å². The molecule has 0 fully saturated rings. The van der Waals surface area contributed by atoms with E-state index in [0.717, 1.165) is 10.6 Å². The van der Waals surface area contributed by atoms with E-state index in [4.69, 9.17) is 0 Å². The molecular formula is C14H16N2O2S. The van der Waals surface area contributed by atoms with Gasteiger partial charge in [0.05, 0.1) is 10.6 Å². The molecule has 100 valence electrons. The molecule has 1 aliphatic heterocycles. The summed E-state index contributed by atoms with van der Waals surface area (Å²) in [4.78, 5) is 27.0. The molecule has 4 nitrogen and oxygen atoms in total. The van der Waals surface area contributed by atoms with Crippen molar-refractivity contribution in [2.45, 2.75) is 18.7 Å². The molecule has 19 heavy (non-hydrogen) atoms. The van der Waals surface area contributed by atoms with Crippen molar-refractivity contribution in [1.82, 2.24) is 4.90 Å². The van der Waals surface area contributed by atoms with Crippen molar-refractivity contribution < 1.29 is 9.59 Å². The smallest absolute Gasteiger partial charge is 0.262 e. The SMILES string of the molecule is CCN(CC)C(=O)/C=C1\Sc2ccccc2NC1=O. The lowest BCUT2D eigenvalue weighted by Gasteiger charge is -2.20. The topological polar surface area (TPSA) is 49.4 Å². The van der Waals surface area contributed by atoms with Crippen LogP contribution in [0.25, 0.3) is 0 Å². The number of thioether (sulfide) groups is 1. The zero-order chi connectivity index (χ0) is 13.8. The third-order valence-corrected chi connectivity index (χ3v) is 4.01. The molecule has 0 aliphatic carbocycles. The van der Waals surface area contributed by atoms with Gasteiger partial charge < -0.3 is 10.2 Å². The number of nitrogens with zero attached hydrogens (tertiary/aromatic N) is 1. The summed E-state index contributed by atoms with van der Waals surface area (Å²) in [5.74, 6) is -0.341. The van der Waals surface area contributed by atoms with Gasteiger partial charge in [-0.3, -0.25) is 9.59 Å². The van der Waals surface area contributed by atoms with Crippen LogP contribution in [0.2, 0.25) is 0 Å². The molecule has 0 saturated heterocycles. The fourth-order valence-electron chi connectivity index (χ4n) is 1.84. The van der Waals surface area contributed by atoms with Gasteiger partial charge in [-0.25, -0.2) is 0 Å². The average Bonchev–Trinajstić information content (AvgIpc) is 2.41. The highest BCUT2D eigenvalue weighted by atomic mass is 32.2. The molecule has 1 N–H and O–H groups in total. The number of rotatable bonds is 3. The Labute approximate surface area is 116 Å². The van der Waals surface area contributed by atoms with E-state index in [1.165, 1.54) is 17.8 Å². The molecule has 0 bridgehead atoms. The first-order valence-electron chi connectivity index (χ1n) is 6.24. The third kappa shape index (κ3) is 2.98. The van der Waals surface area contributed by atoms with Gasteiger partial charge >= 0.3 is 0 Å². The van der Waals surface area contributed by atoms with Crippen molar-refractivity contribution in [2.24, 2.45) is 0 Å². The molecule has 1 aliphatic rings. The number of hydrogen-bond donors (Lipinski definition) is 1. The first-order chi connectivity index (χ1) is 9.15. The zero-order valence-electron chi connectivity index (χ0n) is 11.0. The lowest BCUT2D eigenvalue weighted by Crippen LogP contribution is -2.30. The van der Waals surface area contributed by atoms with Crippen LogP contribution in [-0.4, -0.2) is 29.8 Å². The van der Waals surface area contributed by atoms with E-state index in [0.29, 0.717) is 18.0 Å². The fraction of sp³-hybridized carbons (Fsp3) is 0.286. The van der Waals surface area contributed by atoms with E-state index < -0.39 is 0 Å². The summed E-state index contributed by atoms with van der Waals surface area (Å²) in [6.45, 7) is 5.12. The number of nitrogens with one attached hydrogen (secondary N) is 1. The Morgan fingerprint density at radius 1 is 1.32 bits per heavy atom. The number of benzene rings is 1. The number of carbonyl (C=O) groups is 2. The standard InChI is InChI=1S/C14H16N2O2S/c1-3-16(4-2)13(17)9-12-14(18)15-10-7-5-6-8-11(10)19-12/h5-9H,3-4H2,1-2H3,(H,15,18)/b12-9-. The molecule has 0 radical (unpaired) electrons. The summed E-state index contributed by atoms with van der Waals surface area (Å²) < 4.78 is 0. The van der Waals surface area contributed by atoms with Crippen LogP contribution in [0, 0.1) is 0 Å². The zero-order valence-corrected chi connectivity index (χ0v) is 11.8. The van der Waals surface area contributed by atoms with Gasteiger partial charge in [0.2, 0.25) is 5.91 Å². The van der Waals surface area contributed by atoms with Crippen LogP contribution in [0.1, 0.15) is 13.8 Å². The Morgan fingerprint density at radius 2 is 2.00 bits per heavy atom. The van der Waals surface area contributed by atoms with Crippen molar-refractivity contribution in [1.29, 1.82) is 0 Å². The van der Waals surface area contributed by atoms with Crippen LogP contribution in [0.3, 0.4) is 0 Å². The van der Waals surface area contributed by atoms with E-state index in [2.05, 4.69) is 5.32 Å². The highest BCUT2D eigenvalue weighted by Gasteiger charge is 2.22. The van der Waals surface area contributed by atoms with Crippen molar-refractivity contribution in [2.75, 3.05) is 18.4 Å². The van der Waals surface area contributed by atoms with E-state index in [-0.39, 0.29) is 11.8 Å². The number of anilines is 1. The van der Waals surface area contributed by atoms with Crippen LogP contribution in [0.15, 0.2) is 40.1 Å². The second-order valence-electron chi connectivity index (χ2n) is 4.07. The second-order valence-corrected chi connectivity index (χ2v) is 5.16. The summed E-state index contributed by atoms with van der Waals surface area (Å²) in [5.41, 5.74) is 0.796. The quantitative estimate of drug-likeness (QED) is 0.863. The average molecular weight is 276 g/mol.